The zero-order chi connectivity index (χ0) is 15.6. The summed E-state index contributed by atoms with van der Waals surface area (Å²) in [6, 6.07) is 6.97. The fourth-order valence-corrected chi connectivity index (χ4v) is 5.08. The molecule has 2 aliphatic rings. The lowest BCUT2D eigenvalue weighted by Crippen LogP contribution is -2.50. The number of aromatic nitrogens is 1. The molecule has 0 aliphatic carbocycles. The maximum absolute atomic E-state index is 15.0. The summed E-state index contributed by atoms with van der Waals surface area (Å²) in [7, 11) is 0. The molecule has 4 heterocycles. The van der Waals surface area contributed by atoms with Crippen LogP contribution in [0.1, 0.15) is 10.6 Å². The molecule has 0 bridgehead atoms. The van der Waals surface area contributed by atoms with E-state index in [1.54, 1.807) is 30.4 Å². The van der Waals surface area contributed by atoms with Gasteiger partial charge in [0.2, 0.25) is 4.62 Å². The molecule has 2 aromatic rings. The van der Waals surface area contributed by atoms with Crippen LogP contribution in [0.3, 0.4) is 0 Å². The normalized spacial score (nSPS) is 19.0. The molecule has 0 atom stereocenters. The van der Waals surface area contributed by atoms with Crippen molar-refractivity contribution in [1.82, 2.24) is 4.48 Å². The summed E-state index contributed by atoms with van der Waals surface area (Å²) in [5, 5.41) is 0. The van der Waals surface area contributed by atoms with Gasteiger partial charge in [-0.1, -0.05) is 11.6 Å². The lowest BCUT2D eigenvalue weighted by Gasteiger charge is -2.31. The molecule has 0 saturated heterocycles. The summed E-state index contributed by atoms with van der Waals surface area (Å²) in [4.78, 5) is 0.856. The SMILES string of the molecule is F[B-]1(F)n2c(Br)ccc2C(c2ccc(Cl)s2)=C2C=CC(Br)=[N+]21. The summed E-state index contributed by atoms with van der Waals surface area (Å²) in [5.41, 5.74) is 1.71. The number of halogens is 5. The van der Waals surface area contributed by atoms with Crippen molar-refractivity contribution < 1.29 is 13.1 Å². The molecular weight excluding hydrogens is 460 g/mol. The Morgan fingerprint density at radius 1 is 1.14 bits per heavy atom. The van der Waals surface area contributed by atoms with E-state index in [0.29, 0.717) is 25.0 Å². The van der Waals surface area contributed by atoms with Gasteiger partial charge in [-0.05, 0) is 40.2 Å². The van der Waals surface area contributed by atoms with Crippen LogP contribution in [0.2, 0.25) is 4.34 Å². The monoisotopic (exact) mass is 464 g/mol. The maximum atomic E-state index is 15.0. The Labute approximate surface area is 150 Å². The molecule has 2 nitrogen and oxygen atoms in total. The van der Waals surface area contributed by atoms with Gasteiger partial charge in [0.05, 0.1) is 14.5 Å². The summed E-state index contributed by atoms with van der Waals surface area (Å²) in [5.74, 6) is 0. The molecule has 2 aliphatic heterocycles. The second kappa shape index (κ2) is 4.90. The largest absolute Gasteiger partial charge is 0.738 e. The molecule has 22 heavy (non-hydrogen) atoms. The lowest BCUT2D eigenvalue weighted by molar-refractivity contribution is -0.358. The third-order valence-electron chi connectivity index (χ3n) is 3.69. The Bertz CT molecular complexity index is 913. The van der Waals surface area contributed by atoms with E-state index < -0.39 is 6.97 Å². The summed E-state index contributed by atoms with van der Waals surface area (Å²) < 4.78 is 33.3. The van der Waals surface area contributed by atoms with Crippen LogP contribution in [-0.4, -0.2) is 20.6 Å². The first-order chi connectivity index (χ1) is 10.4. The van der Waals surface area contributed by atoms with Crippen LogP contribution in [-0.2, 0) is 0 Å². The van der Waals surface area contributed by atoms with Gasteiger partial charge in [0.25, 0.3) is 0 Å². The lowest BCUT2D eigenvalue weighted by atomic mass is 9.88. The second-order valence-corrected chi connectivity index (χ2v) is 8.23. The summed E-state index contributed by atoms with van der Waals surface area (Å²) >= 11 is 13.9. The van der Waals surface area contributed by atoms with Crippen molar-refractivity contribution in [3.63, 3.8) is 0 Å². The first kappa shape index (κ1) is 14.9. The van der Waals surface area contributed by atoms with Gasteiger partial charge in [0, 0.05) is 38.7 Å². The predicted molar refractivity (Wildman–Crippen MR) is 94.2 cm³/mol. The number of hydrogen-bond acceptors (Lipinski definition) is 1. The number of allylic oxidation sites excluding steroid dienone is 2. The Balaban J connectivity index is 2.12. The van der Waals surface area contributed by atoms with E-state index in [9.17, 15) is 8.63 Å². The van der Waals surface area contributed by atoms with E-state index in [1.165, 1.54) is 11.3 Å². The Morgan fingerprint density at radius 2 is 1.91 bits per heavy atom. The highest BCUT2D eigenvalue weighted by atomic mass is 79.9. The molecule has 0 spiro atoms. The molecule has 0 unspecified atom stereocenters. The number of fused-ring (bicyclic) bond motifs is 2. The van der Waals surface area contributed by atoms with Crippen LogP contribution < -0.4 is 0 Å². The fraction of sp³-hybridized carbons (Fsp3) is 0. The minimum atomic E-state index is -3.97. The Morgan fingerprint density at radius 3 is 2.59 bits per heavy atom. The third-order valence-corrected chi connectivity index (χ3v) is 6.23. The van der Waals surface area contributed by atoms with Crippen molar-refractivity contribution in [1.29, 1.82) is 0 Å². The molecule has 0 amide bonds. The molecule has 112 valence electrons. The number of thiophene rings is 1. The van der Waals surface area contributed by atoms with Crippen LogP contribution in [0.25, 0.3) is 5.57 Å². The topological polar surface area (TPSA) is 7.94 Å². The molecule has 4 rings (SSSR count). The average molecular weight is 466 g/mol. The highest BCUT2D eigenvalue weighted by molar-refractivity contribution is 9.18. The van der Waals surface area contributed by atoms with Crippen molar-refractivity contribution >= 4 is 72.0 Å². The van der Waals surface area contributed by atoms with E-state index in [1.807, 2.05) is 6.07 Å². The molecule has 0 aromatic carbocycles. The number of nitrogens with zero attached hydrogens (tertiary/aromatic N) is 2. The standard InChI is InChI=1S/C13H6BBr2ClF2N2S/c15-10-4-1-7-13(9-3-6-12(17)22-9)8-2-5-11(16)21(8)14(18,19)20(7)10/h1-6H. The maximum Gasteiger partial charge on any atom is 0.738 e. The number of rotatable bonds is 1. The Hall–Kier alpha value is -0.695. The summed E-state index contributed by atoms with van der Waals surface area (Å²) in [6.45, 7) is -3.97. The molecule has 0 saturated carbocycles. The van der Waals surface area contributed by atoms with Gasteiger partial charge in [0.15, 0.2) is 5.70 Å². The first-order valence-corrected chi connectivity index (χ1v) is 9.08. The second-order valence-electron chi connectivity index (χ2n) is 4.89. The fourth-order valence-electron chi connectivity index (χ4n) is 2.83. The van der Waals surface area contributed by atoms with Crippen molar-refractivity contribution in [3.8, 4) is 0 Å². The van der Waals surface area contributed by atoms with Gasteiger partial charge in [0.1, 0.15) is 0 Å². The van der Waals surface area contributed by atoms with E-state index in [0.717, 1.165) is 19.4 Å². The van der Waals surface area contributed by atoms with Gasteiger partial charge >= 0.3 is 6.97 Å². The molecule has 0 radical (unpaired) electrons. The highest BCUT2D eigenvalue weighted by Crippen LogP contribution is 2.44. The molecule has 9 heteroatoms. The zero-order valence-corrected chi connectivity index (χ0v) is 15.5. The van der Waals surface area contributed by atoms with Gasteiger partial charge in [-0.3, -0.25) is 0 Å². The molecular formula is C13H6BBr2ClF2N2S. The molecule has 2 aromatic heterocycles. The zero-order valence-electron chi connectivity index (χ0n) is 10.7. The van der Waals surface area contributed by atoms with Crippen molar-refractivity contribution in [2.45, 2.75) is 0 Å². The van der Waals surface area contributed by atoms with Crippen LogP contribution in [0.5, 0.6) is 0 Å². The van der Waals surface area contributed by atoms with Crippen LogP contribution in [0.15, 0.2) is 46.7 Å². The van der Waals surface area contributed by atoms with Crippen LogP contribution in [0, 0.1) is 0 Å². The van der Waals surface area contributed by atoms with Gasteiger partial charge in [-0.15, -0.1) is 11.3 Å². The Kier molecular flexibility index (Phi) is 3.31. The van der Waals surface area contributed by atoms with Crippen LogP contribution in [0.4, 0.5) is 8.63 Å². The average Bonchev–Trinajstić information content (AvgIpc) is 3.12. The first-order valence-electron chi connectivity index (χ1n) is 6.30. The third kappa shape index (κ3) is 1.90. The van der Waals surface area contributed by atoms with Gasteiger partial charge in [-0.25, -0.2) is 0 Å². The van der Waals surface area contributed by atoms with Crippen molar-refractivity contribution in [3.05, 3.63) is 61.6 Å². The quantitative estimate of drug-likeness (QED) is 0.502. The number of hydrogen-bond donors (Lipinski definition) is 0. The van der Waals surface area contributed by atoms with Crippen molar-refractivity contribution in [2.24, 2.45) is 0 Å². The molecule has 0 fully saturated rings. The smallest absolute Gasteiger partial charge is 0.389 e. The minimum absolute atomic E-state index is 0.346. The van der Waals surface area contributed by atoms with Crippen molar-refractivity contribution in [2.75, 3.05) is 0 Å². The summed E-state index contributed by atoms with van der Waals surface area (Å²) in [6.07, 6.45) is 3.34. The van der Waals surface area contributed by atoms with E-state index in [2.05, 4.69) is 31.9 Å². The van der Waals surface area contributed by atoms with E-state index in [4.69, 9.17) is 11.6 Å². The van der Waals surface area contributed by atoms with E-state index in [-0.39, 0.29) is 0 Å². The van der Waals surface area contributed by atoms with E-state index >= 15 is 0 Å². The predicted octanol–water partition coefficient (Wildman–Crippen LogP) is 5.34. The van der Waals surface area contributed by atoms with Gasteiger partial charge < -0.3 is 17.6 Å². The highest BCUT2D eigenvalue weighted by Gasteiger charge is 2.54. The minimum Gasteiger partial charge on any atom is -0.389 e. The molecule has 0 N–H and O–H groups in total. The van der Waals surface area contributed by atoms with Crippen LogP contribution >= 0.6 is 54.8 Å². The van der Waals surface area contributed by atoms with Gasteiger partial charge in [-0.2, -0.15) is 0 Å².